The van der Waals surface area contributed by atoms with Crippen LogP contribution in [-0.4, -0.2) is 23.0 Å². The Labute approximate surface area is 173 Å². The first-order valence-corrected chi connectivity index (χ1v) is 9.41. The van der Waals surface area contributed by atoms with Crippen molar-refractivity contribution in [3.8, 4) is 0 Å². The third-order valence-electron chi connectivity index (χ3n) is 4.73. The topological polar surface area (TPSA) is 77.3 Å². The van der Waals surface area contributed by atoms with Crippen molar-refractivity contribution in [3.63, 3.8) is 0 Å². The van der Waals surface area contributed by atoms with Crippen LogP contribution in [0.4, 0.5) is 0 Å². The minimum absolute atomic E-state index is 0.283. The third-order valence-corrected chi connectivity index (χ3v) is 5.08. The smallest absolute Gasteiger partial charge is 0.211 e. The highest BCUT2D eigenvalue weighted by Gasteiger charge is 2.40. The number of hydrogen-bond donors (Lipinski definition) is 0. The molecule has 29 heavy (non-hydrogen) atoms. The number of hydrogen-bond acceptors (Lipinski definition) is 4. The SMILES string of the molecule is O=C(c1ccccc1)C(C(=O)c1ccccc1)C(C[N+](=O)[O-])c1ccccc1Cl. The molecule has 0 aliphatic heterocycles. The summed E-state index contributed by atoms with van der Waals surface area (Å²) in [5, 5.41) is 11.7. The summed E-state index contributed by atoms with van der Waals surface area (Å²) >= 11 is 6.30. The Balaban J connectivity index is 2.15. The van der Waals surface area contributed by atoms with E-state index in [0.29, 0.717) is 16.7 Å². The maximum absolute atomic E-state index is 13.4. The number of carbonyl (C=O) groups is 2. The van der Waals surface area contributed by atoms with Crippen LogP contribution < -0.4 is 0 Å². The zero-order chi connectivity index (χ0) is 20.8. The van der Waals surface area contributed by atoms with Crippen LogP contribution in [0.1, 0.15) is 32.2 Å². The highest BCUT2D eigenvalue weighted by atomic mass is 35.5. The predicted octanol–water partition coefficient (Wildman–Crippen LogP) is 5.08. The molecule has 3 rings (SSSR count). The van der Waals surface area contributed by atoms with Gasteiger partial charge in [0.15, 0.2) is 11.6 Å². The van der Waals surface area contributed by atoms with Gasteiger partial charge < -0.3 is 0 Å². The summed E-state index contributed by atoms with van der Waals surface area (Å²) in [6.45, 7) is -0.592. The Kier molecular flexibility index (Phi) is 6.52. The number of rotatable bonds is 8. The van der Waals surface area contributed by atoms with E-state index < -0.39 is 34.9 Å². The molecule has 0 saturated carbocycles. The Morgan fingerprint density at radius 3 is 1.69 bits per heavy atom. The molecular formula is C23H18ClNO4. The van der Waals surface area contributed by atoms with Gasteiger partial charge in [-0.15, -0.1) is 0 Å². The van der Waals surface area contributed by atoms with Gasteiger partial charge in [-0.3, -0.25) is 19.7 Å². The van der Waals surface area contributed by atoms with Crippen LogP contribution in [0.15, 0.2) is 84.9 Å². The number of halogens is 1. The molecule has 0 fully saturated rings. The van der Waals surface area contributed by atoms with Crippen LogP contribution in [0, 0.1) is 16.0 Å². The fourth-order valence-electron chi connectivity index (χ4n) is 3.37. The largest absolute Gasteiger partial charge is 0.293 e. The van der Waals surface area contributed by atoms with Crippen LogP contribution in [0.3, 0.4) is 0 Å². The number of carbonyl (C=O) groups excluding carboxylic acids is 2. The van der Waals surface area contributed by atoms with E-state index >= 15 is 0 Å². The Bertz CT molecular complexity index is 970. The summed E-state index contributed by atoms with van der Waals surface area (Å²) in [6, 6.07) is 23.3. The minimum atomic E-state index is -1.27. The van der Waals surface area contributed by atoms with Gasteiger partial charge in [-0.05, 0) is 11.6 Å². The van der Waals surface area contributed by atoms with E-state index in [1.807, 2.05) is 0 Å². The van der Waals surface area contributed by atoms with E-state index in [4.69, 9.17) is 11.6 Å². The highest BCUT2D eigenvalue weighted by molar-refractivity contribution is 6.31. The van der Waals surface area contributed by atoms with Crippen molar-refractivity contribution in [2.75, 3.05) is 6.54 Å². The maximum Gasteiger partial charge on any atom is 0.211 e. The highest BCUT2D eigenvalue weighted by Crippen LogP contribution is 2.34. The lowest BCUT2D eigenvalue weighted by molar-refractivity contribution is -0.484. The van der Waals surface area contributed by atoms with Crippen LogP contribution >= 0.6 is 11.6 Å². The molecule has 0 aliphatic rings. The van der Waals surface area contributed by atoms with Gasteiger partial charge in [0.2, 0.25) is 6.54 Å². The van der Waals surface area contributed by atoms with Crippen LogP contribution in [0.25, 0.3) is 0 Å². The zero-order valence-corrected chi connectivity index (χ0v) is 16.2. The molecule has 0 aromatic heterocycles. The normalized spacial score (nSPS) is 11.8. The number of nitro groups is 1. The van der Waals surface area contributed by atoms with Crippen molar-refractivity contribution in [2.45, 2.75) is 5.92 Å². The van der Waals surface area contributed by atoms with Crippen molar-refractivity contribution in [3.05, 3.63) is 117 Å². The Hall–Kier alpha value is -3.31. The number of Topliss-reactive ketones (excluding diaryl/α,β-unsaturated/α-hetero) is 2. The lowest BCUT2D eigenvalue weighted by Crippen LogP contribution is -2.34. The van der Waals surface area contributed by atoms with Gasteiger partial charge in [-0.1, -0.05) is 90.5 Å². The van der Waals surface area contributed by atoms with E-state index in [-0.39, 0.29) is 5.02 Å². The fourth-order valence-corrected chi connectivity index (χ4v) is 3.64. The molecule has 146 valence electrons. The molecule has 3 aromatic rings. The van der Waals surface area contributed by atoms with Gasteiger partial charge in [-0.2, -0.15) is 0 Å². The van der Waals surface area contributed by atoms with Crippen molar-refractivity contribution in [1.82, 2.24) is 0 Å². The summed E-state index contributed by atoms with van der Waals surface area (Å²) in [5.41, 5.74) is 1.05. The predicted molar refractivity (Wildman–Crippen MR) is 111 cm³/mol. The van der Waals surface area contributed by atoms with Crippen molar-refractivity contribution < 1.29 is 14.5 Å². The fraction of sp³-hybridized carbons (Fsp3) is 0.130. The summed E-state index contributed by atoms with van der Waals surface area (Å²) < 4.78 is 0. The molecule has 0 amide bonds. The molecule has 0 heterocycles. The van der Waals surface area contributed by atoms with Gasteiger partial charge >= 0.3 is 0 Å². The van der Waals surface area contributed by atoms with Gasteiger partial charge in [0.05, 0.1) is 11.8 Å². The number of nitrogens with zero attached hydrogens (tertiary/aromatic N) is 1. The van der Waals surface area contributed by atoms with E-state index in [1.165, 1.54) is 0 Å². The quantitative estimate of drug-likeness (QED) is 0.226. The average Bonchev–Trinajstić information content (AvgIpc) is 2.74. The van der Waals surface area contributed by atoms with E-state index in [0.717, 1.165) is 0 Å². The summed E-state index contributed by atoms with van der Waals surface area (Å²) in [6.07, 6.45) is 0. The molecule has 0 bridgehead atoms. The van der Waals surface area contributed by atoms with Crippen molar-refractivity contribution >= 4 is 23.2 Å². The number of ketones is 2. The molecule has 6 heteroatoms. The third kappa shape index (κ3) is 4.76. The van der Waals surface area contributed by atoms with Crippen LogP contribution in [0.5, 0.6) is 0 Å². The van der Waals surface area contributed by atoms with Gasteiger partial charge in [0.25, 0.3) is 0 Å². The summed E-state index contributed by atoms with van der Waals surface area (Å²) in [4.78, 5) is 37.7. The standard InChI is InChI=1S/C23H18ClNO4/c24-20-14-8-7-13-18(20)19(15-25(28)29)21(22(26)16-9-3-1-4-10-16)23(27)17-11-5-2-6-12-17/h1-14,19,21H,15H2. The molecule has 1 unspecified atom stereocenters. The molecule has 3 aromatic carbocycles. The zero-order valence-electron chi connectivity index (χ0n) is 15.4. The molecule has 0 spiro atoms. The molecule has 0 aliphatic carbocycles. The average molecular weight is 408 g/mol. The van der Waals surface area contributed by atoms with Gasteiger partial charge in [0, 0.05) is 21.1 Å². The second-order valence-electron chi connectivity index (χ2n) is 6.58. The molecule has 5 nitrogen and oxygen atoms in total. The lowest BCUT2D eigenvalue weighted by atomic mass is 9.77. The molecule has 1 atom stereocenters. The second-order valence-corrected chi connectivity index (χ2v) is 6.99. The minimum Gasteiger partial charge on any atom is -0.293 e. The molecule has 0 saturated heterocycles. The van der Waals surface area contributed by atoms with Crippen molar-refractivity contribution in [2.24, 2.45) is 5.92 Å². The maximum atomic E-state index is 13.4. The molecule has 0 N–H and O–H groups in total. The van der Waals surface area contributed by atoms with E-state index in [1.54, 1.807) is 84.9 Å². The monoisotopic (exact) mass is 407 g/mol. The Morgan fingerprint density at radius 1 is 0.793 bits per heavy atom. The van der Waals surface area contributed by atoms with Gasteiger partial charge in [0.1, 0.15) is 0 Å². The van der Waals surface area contributed by atoms with Crippen LogP contribution in [-0.2, 0) is 0 Å². The molecular weight excluding hydrogens is 390 g/mol. The van der Waals surface area contributed by atoms with E-state index in [9.17, 15) is 19.7 Å². The first-order valence-electron chi connectivity index (χ1n) is 9.03. The Morgan fingerprint density at radius 2 is 1.24 bits per heavy atom. The summed E-state index contributed by atoms with van der Waals surface area (Å²) in [5.74, 6) is -3.21. The lowest BCUT2D eigenvalue weighted by Gasteiger charge is -2.24. The first-order chi connectivity index (χ1) is 14.0. The second kappa shape index (κ2) is 9.26. The first kappa shape index (κ1) is 20.4. The van der Waals surface area contributed by atoms with E-state index in [2.05, 4.69) is 0 Å². The van der Waals surface area contributed by atoms with Crippen LogP contribution in [0.2, 0.25) is 5.02 Å². The summed E-state index contributed by atoms with van der Waals surface area (Å²) in [7, 11) is 0. The van der Waals surface area contributed by atoms with Crippen molar-refractivity contribution in [1.29, 1.82) is 0 Å². The van der Waals surface area contributed by atoms with Gasteiger partial charge in [-0.25, -0.2) is 0 Å². The molecule has 0 radical (unpaired) electrons. The number of benzene rings is 3.